The number of hydrogen-bond donors (Lipinski definition) is 3. The zero-order valence-electron chi connectivity index (χ0n) is 13.8. The Bertz CT molecular complexity index is 909. The van der Waals surface area contributed by atoms with Crippen LogP contribution in [0.1, 0.15) is 22.5 Å². The maximum atomic E-state index is 13.5. The van der Waals surface area contributed by atoms with Crippen molar-refractivity contribution in [1.29, 1.82) is 0 Å². The predicted molar refractivity (Wildman–Crippen MR) is 94.4 cm³/mol. The summed E-state index contributed by atoms with van der Waals surface area (Å²) < 4.78 is 13.5. The molecule has 0 aliphatic heterocycles. The Morgan fingerprint density at radius 3 is 2.50 bits per heavy atom. The van der Waals surface area contributed by atoms with E-state index in [1.807, 2.05) is 30.3 Å². The number of carbonyl (C=O) groups excluding carboxylic acids is 2. The van der Waals surface area contributed by atoms with Crippen LogP contribution in [0.3, 0.4) is 0 Å². The van der Waals surface area contributed by atoms with Gasteiger partial charge in [-0.1, -0.05) is 48.5 Å². The zero-order valence-corrected chi connectivity index (χ0v) is 13.8. The molecule has 0 saturated carbocycles. The van der Waals surface area contributed by atoms with Crippen molar-refractivity contribution in [2.75, 3.05) is 0 Å². The first-order chi connectivity index (χ1) is 12.6. The summed E-state index contributed by atoms with van der Waals surface area (Å²) in [6.45, 7) is 0. The Labute approximate surface area is 149 Å². The minimum absolute atomic E-state index is 0.0550. The van der Waals surface area contributed by atoms with Gasteiger partial charge in [0.25, 0.3) is 5.91 Å². The van der Waals surface area contributed by atoms with Gasteiger partial charge in [-0.15, -0.1) is 0 Å². The Hall–Kier alpha value is -3.48. The molecule has 2 aromatic carbocycles. The highest BCUT2D eigenvalue weighted by Crippen LogP contribution is 2.16. The fourth-order valence-electron chi connectivity index (χ4n) is 2.40. The zero-order chi connectivity index (χ0) is 18.4. The standard InChI is InChI=1S/C19H17FN4O2/c20-15-9-5-4-6-13(15)10-11-18(25)23-24-19(26)17-12-16(21-22-17)14-7-2-1-3-8-14/h1-9,12H,10-11H2,(H,21,22)(H,23,25)(H,24,26). The molecule has 0 unspecified atom stereocenters. The van der Waals surface area contributed by atoms with Crippen LogP contribution in [0.2, 0.25) is 0 Å². The summed E-state index contributed by atoms with van der Waals surface area (Å²) in [6, 6.07) is 17.3. The summed E-state index contributed by atoms with van der Waals surface area (Å²) in [7, 11) is 0. The number of benzene rings is 2. The molecule has 0 aliphatic carbocycles. The summed E-state index contributed by atoms with van der Waals surface area (Å²) in [6.07, 6.45) is 0.302. The minimum Gasteiger partial charge on any atom is -0.273 e. The van der Waals surface area contributed by atoms with Crippen molar-refractivity contribution >= 4 is 11.8 Å². The number of hydrogen-bond acceptors (Lipinski definition) is 3. The number of nitrogens with one attached hydrogen (secondary N) is 3. The molecule has 3 aromatic rings. The molecule has 1 aromatic heterocycles. The lowest BCUT2D eigenvalue weighted by atomic mass is 10.1. The van der Waals surface area contributed by atoms with Crippen molar-refractivity contribution in [2.24, 2.45) is 0 Å². The van der Waals surface area contributed by atoms with Crippen molar-refractivity contribution in [3.05, 3.63) is 77.7 Å². The second kappa shape index (κ2) is 8.06. The fourth-order valence-corrected chi connectivity index (χ4v) is 2.40. The number of aromatic amines is 1. The highest BCUT2D eigenvalue weighted by atomic mass is 19.1. The maximum Gasteiger partial charge on any atom is 0.287 e. The summed E-state index contributed by atoms with van der Waals surface area (Å²) in [5.74, 6) is -1.28. The van der Waals surface area contributed by atoms with Crippen LogP contribution in [-0.4, -0.2) is 22.0 Å². The second-order valence-electron chi connectivity index (χ2n) is 5.63. The molecule has 7 heteroatoms. The molecule has 0 saturated heterocycles. The van der Waals surface area contributed by atoms with Crippen molar-refractivity contribution in [1.82, 2.24) is 21.0 Å². The third-order valence-corrected chi connectivity index (χ3v) is 3.79. The van der Waals surface area contributed by atoms with E-state index in [4.69, 9.17) is 0 Å². The van der Waals surface area contributed by atoms with Gasteiger partial charge in [0, 0.05) is 12.0 Å². The van der Waals surface area contributed by atoms with E-state index >= 15 is 0 Å². The monoisotopic (exact) mass is 352 g/mol. The number of aromatic nitrogens is 2. The smallest absolute Gasteiger partial charge is 0.273 e. The minimum atomic E-state index is -0.515. The maximum absolute atomic E-state index is 13.5. The largest absolute Gasteiger partial charge is 0.287 e. The van der Waals surface area contributed by atoms with Gasteiger partial charge in [-0.25, -0.2) is 4.39 Å². The number of halogens is 1. The lowest BCUT2D eigenvalue weighted by Crippen LogP contribution is -2.41. The van der Waals surface area contributed by atoms with Gasteiger partial charge < -0.3 is 0 Å². The van der Waals surface area contributed by atoms with Gasteiger partial charge in [0.05, 0.1) is 5.69 Å². The van der Waals surface area contributed by atoms with Crippen molar-refractivity contribution in [3.8, 4) is 11.3 Å². The number of rotatable bonds is 5. The van der Waals surface area contributed by atoms with E-state index in [2.05, 4.69) is 21.0 Å². The number of nitrogens with zero attached hydrogens (tertiary/aromatic N) is 1. The Balaban J connectivity index is 1.50. The van der Waals surface area contributed by atoms with E-state index < -0.39 is 11.8 Å². The number of H-pyrrole nitrogens is 1. The number of aryl methyl sites for hydroxylation is 1. The van der Waals surface area contributed by atoms with Gasteiger partial charge in [0.2, 0.25) is 5.91 Å². The normalized spacial score (nSPS) is 10.3. The fraction of sp³-hybridized carbons (Fsp3) is 0.105. The third kappa shape index (κ3) is 4.32. The van der Waals surface area contributed by atoms with E-state index in [0.717, 1.165) is 5.56 Å². The first kappa shape index (κ1) is 17.3. The number of hydrazine groups is 1. The molecule has 2 amide bonds. The van der Waals surface area contributed by atoms with Crippen molar-refractivity contribution in [3.63, 3.8) is 0 Å². The quantitative estimate of drug-likeness (QED) is 0.617. The van der Waals surface area contributed by atoms with Crippen LogP contribution in [0, 0.1) is 5.82 Å². The van der Waals surface area contributed by atoms with Gasteiger partial charge in [0.15, 0.2) is 0 Å². The number of carbonyl (C=O) groups is 2. The van der Waals surface area contributed by atoms with Crippen molar-refractivity contribution < 1.29 is 14.0 Å². The molecule has 0 radical (unpaired) electrons. The third-order valence-electron chi connectivity index (χ3n) is 3.79. The van der Waals surface area contributed by atoms with E-state index in [1.54, 1.807) is 24.3 Å². The molecule has 0 aliphatic rings. The molecular formula is C19H17FN4O2. The first-order valence-corrected chi connectivity index (χ1v) is 8.07. The highest BCUT2D eigenvalue weighted by molar-refractivity contribution is 5.94. The predicted octanol–water partition coefficient (Wildman–Crippen LogP) is 2.61. The average molecular weight is 352 g/mol. The van der Waals surface area contributed by atoms with Gasteiger partial charge >= 0.3 is 0 Å². The molecular weight excluding hydrogens is 335 g/mol. The van der Waals surface area contributed by atoms with Crippen LogP contribution < -0.4 is 10.9 Å². The van der Waals surface area contributed by atoms with Gasteiger partial charge in [-0.2, -0.15) is 5.10 Å². The molecule has 0 spiro atoms. The van der Waals surface area contributed by atoms with Gasteiger partial charge in [-0.05, 0) is 24.1 Å². The molecule has 6 nitrogen and oxygen atoms in total. The molecule has 0 fully saturated rings. The molecule has 3 rings (SSSR count). The highest BCUT2D eigenvalue weighted by Gasteiger charge is 2.12. The second-order valence-corrected chi connectivity index (χ2v) is 5.63. The van der Waals surface area contributed by atoms with Crippen LogP contribution in [0.25, 0.3) is 11.3 Å². The van der Waals surface area contributed by atoms with Crippen molar-refractivity contribution in [2.45, 2.75) is 12.8 Å². The Kier molecular flexibility index (Phi) is 5.38. The van der Waals surface area contributed by atoms with Crippen LogP contribution in [0.4, 0.5) is 4.39 Å². The average Bonchev–Trinajstić information content (AvgIpc) is 3.16. The SMILES string of the molecule is O=C(CCc1ccccc1F)NNC(=O)c1cc(-c2ccccc2)n[nH]1. The summed E-state index contributed by atoms with van der Waals surface area (Å²) in [5, 5.41) is 6.71. The lowest BCUT2D eigenvalue weighted by molar-refractivity contribution is -0.121. The summed E-state index contributed by atoms with van der Waals surface area (Å²) in [5.41, 5.74) is 6.79. The first-order valence-electron chi connectivity index (χ1n) is 8.07. The molecule has 26 heavy (non-hydrogen) atoms. The molecule has 0 atom stereocenters. The van der Waals surface area contributed by atoms with Crippen LogP contribution >= 0.6 is 0 Å². The molecule has 0 bridgehead atoms. The topological polar surface area (TPSA) is 86.9 Å². The molecule has 3 N–H and O–H groups in total. The molecule has 132 valence electrons. The van der Waals surface area contributed by atoms with Gasteiger partial charge in [-0.3, -0.25) is 25.5 Å². The van der Waals surface area contributed by atoms with Crippen LogP contribution in [0.15, 0.2) is 60.7 Å². The van der Waals surface area contributed by atoms with E-state index in [1.165, 1.54) is 6.07 Å². The van der Waals surface area contributed by atoms with E-state index in [0.29, 0.717) is 11.3 Å². The van der Waals surface area contributed by atoms with E-state index in [9.17, 15) is 14.0 Å². The van der Waals surface area contributed by atoms with Crippen LogP contribution in [-0.2, 0) is 11.2 Å². The summed E-state index contributed by atoms with van der Waals surface area (Å²) >= 11 is 0. The lowest BCUT2D eigenvalue weighted by Gasteiger charge is -2.06. The van der Waals surface area contributed by atoms with Crippen LogP contribution in [0.5, 0.6) is 0 Å². The molecule has 1 heterocycles. The Morgan fingerprint density at radius 2 is 1.73 bits per heavy atom. The van der Waals surface area contributed by atoms with E-state index in [-0.39, 0.29) is 24.4 Å². The number of amides is 2. The Morgan fingerprint density at radius 1 is 1.00 bits per heavy atom. The summed E-state index contributed by atoms with van der Waals surface area (Å²) in [4.78, 5) is 23.9. The van der Waals surface area contributed by atoms with Gasteiger partial charge in [0.1, 0.15) is 11.5 Å².